The summed E-state index contributed by atoms with van der Waals surface area (Å²) >= 11 is 7.39. The van der Waals surface area contributed by atoms with Crippen LogP contribution in [0.2, 0.25) is 5.02 Å². The summed E-state index contributed by atoms with van der Waals surface area (Å²) in [4.78, 5) is 25.0. The molecule has 20 heavy (non-hydrogen) atoms. The lowest BCUT2D eigenvalue weighted by molar-refractivity contribution is 0.0696. The molecule has 0 saturated heterocycles. The number of anilines is 1. The van der Waals surface area contributed by atoms with Crippen LogP contribution in [0.3, 0.4) is 0 Å². The van der Waals surface area contributed by atoms with Crippen LogP contribution in [0.1, 0.15) is 25.6 Å². The number of thiophene rings is 1. The molecule has 1 heterocycles. The minimum Gasteiger partial charge on any atom is -0.478 e. The predicted octanol–water partition coefficient (Wildman–Crippen LogP) is 3.68. The highest BCUT2D eigenvalue weighted by Gasteiger charge is 2.19. The summed E-state index contributed by atoms with van der Waals surface area (Å²) in [5.41, 5.74) is 1.66. The molecule has 0 unspecified atom stereocenters. The topological polar surface area (TPSA) is 57.6 Å². The second-order valence-electron chi connectivity index (χ2n) is 4.28. The number of aryl methyl sites for hydroxylation is 1. The van der Waals surface area contributed by atoms with Crippen molar-refractivity contribution in [3.63, 3.8) is 0 Å². The number of amides is 1. The summed E-state index contributed by atoms with van der Waals surface area (Å²) in [6.07, 6.45) is 0. The van der Waals surface area contributed by atoms with Gasteiger partial charge in [0.15, 0.2) is 0 Å². The highest BCUT2D eigenvalue weighted by Crippen LogP contribution is 2.29. The third-order valence-electron chi connectivity index (χ3n) is 2.90. The molecular weight excluding hydrogens is 298 g/mol. The van der Waals surface area contributed by atoms with Crippen molar-refractivity contribution in [3.8, 4) is 0 Å². The van der Waals surface area contributed by atoms with Crippen molar-refractivity contribution in [1.29, 1.82) is 0 Å². The second kappa shape index (κ2) is 5.64. The number of carboxylic acids is 1. The van der Waals surface area contributed by atoms with E-state index < -0.39 is 5.97 Å². The first-order valence-corrected chi connectivity index (χ1v) is 7.02. The van der Waals surface area contributed by atoms with Crippen molar-refractivity contribution in [2.75, 3.05) is 11.9 Å². The maximum atomic E-state index is 12.3. The van der Waals surface area contributed by atoms with Gasteiger partial charge in [-0.05, 0) is 42.1 Å². The van der Waals surface area contributed by atoms with Crippen LogP contribution in [0, 0.1) is 6.92 Å². The van der Waals surface area contributed by atoms with Gasteiger partial charge in [-0.1, -0.05) is 11.6 Å². The molecule has 4 nitrogen and oxygen atoms in total. The third-order valence-corrected chi connectivity index (χ3v) is 4.58. The minimum absolute atomic E-state index is 0.180. The van der Waals surface area contributed by atoms with Gasteiger partial charge >= 0.3 is 5.97 Å². The van der Waals surface area contributed by atoms with Crippen LogP contribution in [-0.2, 0) is 0 Å². The highest BCUT2D eigenvalue weighted by molar-refractivity contribution is 7.13. The van der Waals surface area contributed by atoms with Crippen LogP contribution in [0.5, 0.6) is 0 Å². The summed E-state index contributed by atoms with van der Waals surface area (Å²) in [6, 6.07) is 6.11. The molecule has 0 radical (unpaired) electrons. The van der Waals surface area contributed by atoms with E-state index in [2.05, 4.69) is 0 Å². The number of carboxylic acid groups (broad SMARTS) is 1. The zero-order valence-electron chi connectivity index (χ0n) is 10.9. The van der Waals surface area contributed by atoms with Crippen LogP contribution < -0.4 is 4.90 Å². The Kier molecular flexibility index (Phi) is 4.11. The number of nitrogens with zero attached hydrogens (tertiary/aromatic N) is 1. The van der Waals surface area contributed by atoms with Crippen molar-refractivity contribution in [2.45, 2.75) is 6.92 Å². The van der Waals surface area contributed by atoms with E-state index in [-0.39, 0.29) is 11.5 Å². The number of carbonyl (C=O) groups is 2. The summed E-state index contributed by atoms with van der Waals surface area (Å²) < 4.78 is 0. The Balaban J connectivity index is 2.26. The number of carbonyl (C=O) groups excluding carboxylic acids is 1. The average Bonchev–Trinajstić information content (AvgIpc) is 2.77. The molecule has 6 heteroatoms. The Morgan fingerprint density at radius 1 is 1.25 bits per heavy atom. The van der Waals surface area contributed by atoms with Gasteiger partial charge in [0, 0.05) is 12.7 Å². The highest BCUT2D eigenvalue weighted by atomic mass is 35.5. The molecule has 0 fully saturated rings. The summed E-state index contributed by atoms with van der Waals surface area (Å²) in [5.74, 6) is -1.21. The molecule has 1 N–H and O–H groups in total. The number of hydrogen-bond donors (Lipinski definition) is 1. The summed E-state index contributed by atoms with van der Waals surface area (Å²) in [5, 5.41) is 11.1. The van der Waals surface area contributed by atoms with E-state index >= 15 is 0 Å². The molecule has 1 aromatic heterocycles. The van der Waals surface area contributed by atoms with Crippen molar-refractivity contribution in [2.24, 2.45) is 0 Å². The van der Waals surface area contributed by atoms with Crippen LogP contribution in [0.4, 0.5) is 5.69 Å². The van der Waals surface area contributed by atoms with Gasteiger partial charge in [-0.25, -0.2) is 4.79 Å². The van der Waals surface area contributed by atoms with E-state index in [0.717, 1.165) is 5.56 Å². The van der Waals surface area contributed by atoms with Crippen molar-refractivity contribution >= 4 is 40.5 Å². The Bertz CT molecular complexity index is 664. The molecule has 2 aromatic rings. The summed E-state index contributed by atoms with van der Waals surface area (Å²) in [6.45, 7) is 1.84. The molecule has 1 amide bonds. The Hall–Kier alpha value is -1.85. The predicted molar refractivity (Wildman–Crippen MR) is 80.2 cm³/mol. The fourth-order valence-electron chi connectivity index (χ4n) is 1.67. The molecule has 2 rings (SSSR count). The normalized spacial score (nSPS) is 10.3. The van der Waals surface area contributed by atoms with E-state index in [1.807, 2.05) is 12.3 Å². The lowest BCUT2D eigenvalue weighted by Crippen LogP contribution is -2.25. The van der Waals surface area contributed by atoms with Crippen molar-refractivity contribution in [1.82, 2.24) is 0 Å². The first-order valence-electron chi connectivity index (χ1n) is 5.77. The van der Waals surface area contributed by atoms with E-state index in [9.17, 15) is 9.59 Å². The van der Waals surface area contributed by atoms with Crippen molar-refractivity contribution in [3.05, 3.63) is 50.7 Å². The molecule has 0 bridgehead atoms. The first-order chi connectivity index (χ1) is 9.41. The fourth-order valence-corrected chi connectivity index (χ4v) is 2.92. The standard InChI is InChI=1S/C14H12ClNO3S/c1-8-7-20-12(11(8)15)13(17)16(2)10-5-3-9(4-6-10)14(18)19/h3-7H,1-2H3,(H,18,19). The van der Waals surface area contributed by atoms with Crippen LogP contribution in [0.25, 0.3) is 0 Å². The SMILES string of the molecule is Cc1csc(C(=O)N(C)c2ccc(C(=O)O)cc2)c1Cl. The van der Waals surface area contributed by atoms with Gasteiger partial charge in [-0.15, -0.1) is 11.3 Å². The quantitative estimate of drug-likeness (QED) is 0.940. The van der Waals surface area contributed by atoms with E-state index in [1.165, 1.54) is 28.4 Å². The Morgan fingerprint density at radius 2 is 1.85 bits per heavy atom. The van der Waals surface area contributed by atoms with Gasteiger partial charge in [0.1, 0.15) is 4.88 Å². The minimum atomic E-state index is -0.998. The zero-order chi connectivity index (χ0) is 14.9. The average molecular weight is 310 g/mol. The summed E-state index contributed by atoms with van der Waals surface area (Å²) in [7, 11) is 1.63. The largest absolute Gasteiger partial charge is 0.478 e. The Morgan fingerprint density at radius 3 is 2.30 bits per heavy atom. The molecule has 0 aliphatic carbocycles. The number of halogens is 1. The zero-order valence-corrected chi connectivity index (χ0v) is 12.5. The van der Waals surface area contributed by atoms with Gasteiger partial charge in [0.05, 0.1) is 10.6 Å². The molecule has 104 valence electrons. The second-order valence-corrected chi connectivity index (χ2v) is 5.54. The van der Waals surface area contributed by atoms with E-state index in [0.29, 0.717) is 15.6 Å². The van der Waals surface area contributed by atoms with E-state index in [4.69, 9.17) is 16.7 Å². The lowest BCUT2D eigenvalue weighted by atomic mass is 10.2. The van der Waals surface area contributed by atoms with Gasteiger partial charge < -0.3 is 10.0 Å². The number of hydrogen-bond acceptors (Lipinski definition) is 3. The van der Waals surface area contributed by atoms with Crippen molar-refractivity contribution < 1.29 is 14.7 Å². The molecule has 1 aromatic carbocycles. The van der Waals surface area contributed by atoms with E-state index in [1.54, 1.807) is 19.2 Å². The smallest absolute Gasteiger partial charge is 0.335 e. The van der Waals surface area contributed by atoms with Crippen LogP contribution in [0.15, 0.2) is 29.6 Å². The van der Waals surface area contributed by atoms with Gasteiger partial charge in [0.25, 0.3) is 5.91 Å². The van der Waals surface area contributed by atoms with Gasteiger partial charge in [0.2, 0.25) is 0 Å². The Labute approximate surface area is 125 Å². The van der Waals surface area contributed by atoms with Crippen LogP contribution in [-0.4, -0.2) is 24.0 Å². The number of aromatic carboxylic acids is 1. The molecule has 0 aliphatic heterocycles. The maximum Gasteiger partial charge on any atom is 0.335 e. The van der Waals surface area contributed by atoms with Crippen LogP contribution >= 0.6 is 22.9 Å². The third kappa shape index (κ3) is 2.69. The number of benzene rings is 1. The van der Waals surface area contributed by atoms with Gasteiger partial charge in [-0.2, -0.15) is 0 Å². The van der Waals surface area contributed by atoms with Gasteiger partial charge in [-0.3, -0.25) is 4.79 Å². The molecule has 0 spiro atoms. The molecule has 0 atom stereocenters. The molecule has 0 saturated carbocycles. The lowest BCUT2D eigenvalue weighted by Gasteiger charge is -2.16. The molecular formula is C14H12ClNO3S. The maximum absolute atomic E-state index is 12.3. The number of rotatable bonds is 3. The molecule has 0 aliphatic rings. The first kappa shape index (κ1) is 14.6. The fraction of sp³-hybridized carbons (Fsp3) is 0.143. The monoisotopic (exact) mass is 309 g/mol.